The van der Waals surface area contributed by atoms with E-state index in [9.17, 15) is 19.5 Å². The van der Waals surface area contributed by atoms with Crippen LogP contribution in [0.15, 0.2) is 291 Å². The van der Waals surface area contributed by atoms with E-state index >= 15 is 0 Å². The Morgan fingerprint density at radius 2 is 0.893 bits per heavy atom. The molecule has 0 bridgehead atoms. The predicted octanol–water partition coefficient (Wildman–Crippen LogP) is 12.0. The fraction of sp³-hybridized carbons (Fsp3) is 0.0897. The van der Waals surface area contributed by atoms with E-state index < -0.39 is 12.1 Å². The number of hydrogen-bond donors (Lipinski definition) is 2. The average molecular weight is 1430 g/mol. The van der Waals surface area contributed by atoms with E-state index in [-0.39, 0.29) is 49.8 Å². The molecule has 12 heterocycles. The van der Waals surface area contributed by atoms with E-state index in [1.54, 1.807) is 130 Å². The molecule has 25 heteroatoms. The number of aliphatic hydroxyl groups is 1. The fourth-order valence-electron chi connectivity index (χ4n) is 9.69. The van der Waals surface area contributed by atoms with Crippen LogP contribution in [0.1, 0.15) is 44.5 Å². The molecule has 16 rings (SSSR count). The third-order valence-corrected chi connectivity index (χ3v) is 15.2. The molecular formula is C78H61BrLiN13O10. The van der Waals surface area contributed by atoms with Crippen LogP contribution in [-0.4, -0.2) is 107 Å². The number of pyridine rings is 8. The summed E-state index contributed by atoms with van der Waals surface area (Å²) >= 11 is 3.20. The molecule has 0 aliphatic rings. The molecule has 0 fully saturated rings. The molecule has 506 valence electrons. The summed E-state index contributed by atoms with van der Waals surface area (Å²) in [6.45, 7) is 0. The number of ketones is 1. The third kappa shape index (κ3) is 21.3. The standard InChI is InChI=1S/C19H15N3O2.C19H13N3O2.C16H15N3O3.C14H10N2O3.C5H4BrN.C5H4N.Li/c2*23-17(15-5-1-2-9-21-15)11-13-6-7-18-16(10-13)22-19(24-18)14-4-3-8-20-12-14;1-19(21-2)15(20)9-11-5-6-14-13(8-11)18-16(22-14)12-4-3-7-17-10-12;17-13(18)7-9-3-4-12-11(6-9)16-14(19-12)10-2-1-5-15-8-10;6-5-3-1-2-4-7-5;1-2-4-6-5-3-1;/h1-10,12,17,23H,11H2;1-10,12H,11H2;3-8,10H,9H2,1-2H3;1-6,8H,7H2,(H,17,18);1-4H;1-4H;/q;;;;;-1;+1. The maximum absolute atomic E-state index is 12.3. The second kappa shape index (κ2) is 37.1. The molecule has 0 saturated carbocycles. The van der Waals surface area contributed by atoms with Crippen molar-refractivity contribution in [3.63, 3.8) is 0 Å². The van der Waals surface area contributed by atoms with Crippen molar-refractivity contribution in [3.05, 3.63) is 313 Å². The molecule has 0 radical (unpaired) electrons. The Labute approximate surface area is 609 Å². The second-order valence-electron chi connectivity index (χ2n) is 22.0. The molecule has 1 amide bonds. The number of hydrogen-bond acceptors (Lipinski definition) is 21. The topological polar surface area (TPSA) is 311 Å². The van der Waals surface area contributed by atoms with Crippen LogP contribution in [0.3, 0.4) is 0 Å². The largest absolute Gasteiger partial charge is 1.00 e. The second-order valence-corrected chi connectivity index (χ2v) is 22.8. The van der Waals surface area contributed by atoms with Crippen molar-refractivity contribution in [1.29, 1.82) is 0 Å². The van der Waals surface area contributed by atoms with Crippen LogP contribution < -0.4 is 18.9 Å². The quantitative estimate of drug-likeness (QED) is 0.0317. The van der Waals surface area contributed by atoms with E-state index in [4.69, 9.17) is 27.6 Å². The number of fused-ring (bicyclic) bond motifs is 4. The van der Waals surface area contributed by atoms with Gasteiger partial charge in [-0.1, -0.05) is 54.9 Å². The van der Waals surface area contributed by atoms with Crippen LogP contribution in [0.5, 0.6) is 0 Å². The van der Waals surface area contributed by atoms with E-state index in [1.165, 1.54) is 12.2 Å². The van der Waals surface area contributed by atoms with E-state index in [1.807, 2.05) is 146 Å². The molecule has 2 N–H and O–H groups in total. The van der Waals surface area contributed by atoms with Gasteiger partial charge in [0.2, 0.25) is 29.5 Å². The number of carboxylic acids is 1. The number of amides is 1. The average Bonchev–Trinajstić information content (AvgIpc) is 1.70. The Bertz CT molecular complexity index is 5280. The monoisotopic (exact) mass is 1430 g/mol. The molecule has 103 heavy (non-hydrogen) atoms. The first kappa shape index (κ1) is 73.3. The van der Waals surface area contributed by atoms with Crippen molar-refractivity contribution in [3.8, 4) is 45.8 Å². The van der Waals surface area contributed by atoms with Gasteiger partial charge in [0, 0.05) is 88.1 Å². The Balaban J connectivity index is 0.000000139. The molecule has 1 unspecified atom stereocenters. The van der Waals surface area contributed by atoms with Gasteiger partial charge in [-0.05, 0) is 172 Å². The maximum Gasteiger partial charge on any atom is 1.00 e. The van der Waals surface area contributed by atoms with Crippen LogP contribution in [0, 0.1) is 6.20 Å². The van der Waals surface area contributed by atoms with Crippen molar-refractivity contribution in [1.82, 2.24) is 64.9 Å². The molecule has 23 nitrogen and oxygen atoms in total. The summed E-state index contributed by atoms with van der Waals surface area (Å²) in [5, 5.41) is 20.3. The maximum atomic E-state index is 12.3. The molecule has 1 atom stereocenters. The number of halogens is 1. The van der Waals surface area contributed by atoms with Crippen LogP contribution in [0.2, 0.25) is 0 Å². The Kier molecular flexibility index (Phi) is 26.4. The summed E-state index contributed by atoms with van der Waals surface area (Å²) in [6.07, 6.45) is 23.3. The summed E-state index contributed by atoms with van der Waals surface area (Å²) in [4.78, 5) is 89.5. The number of benzene rings is 4. The number of carbonyl (C=O) groups is 3. The smallest absolute Gasteiger partial charge is 0.481 e. The van der Waals surface area contributed by atoms with Crippen molar-refractivity contribution in [2.45, 2.75) is 31.8 Å². The number of aliphatic carboxylic acids is 1. The number of oxazole rings is 4. The molecule has 0 aliphatic heterocycles. The molecular weight excluding hydrogens is 1370 g/mol. The number of likely N-dealkylation sites (N-methyl/N-ethyl adjacent to an activating group) is 1. The summed E-state index contributed by atoms with van der Waals surface area (Å²) in [5.41, 5.74) is 13.4. The van der Waals surface area contributed by atoms with Gasteiger partial charge in [0.25, 0.3) is 0 Å². The zero-order chi connectivity index (χ0) is 70.8. The summed E-state index contributed by atoms with van der Waals surface area (Å²) in [7, 11) is 3.04. The van der Waals surface area contributed by atoms with Gasteiger partial charge in [0.05, 0.1) is 54.0 Å². The van der Waals surface area contributed by atoms with Gasteiger partial charge in [-0.3, -0.25) is 49.1 Å². The molecule has 16 aromatic rings. The zero-order valence-electron chi connectivity index (χ0n) is 55.7. The number of hydroxylamine groups is 2. The van der Waals surface area contributed by atoms with Crippen LogP contribution >= 0.6 is 15.9 Å². The number of nitrogens with zero attached hydrogens (tertiary/aromatic N) is 13. The number of carboxylic acid groups (broad SMARTS) is 1. The van der Waals surface area contributed by atoms with Gasteiger partial charge in [-0.2, -0.15) is 18.2 Å². The number of Topliss-reactive ketones (excluding diaryl/α,β-unsaturated/α-hetero) is 1. The van der Waals surface area contributed by atoms with Crippen LogP contribution in [0.25, 0.3) is 90.2 Å². The minimum absolute atomic E-state index is 0. The van der Waals surface area contributed by atoms with E-state index in [0.29, 0.717) is 80.3 Å². The molecule has 4 aromatic carbocycles. The van der Waals surface area contributed by atoms with Crippen molar-refractivity contribution < 1.29 is 66.0 Å². The first-order valence-electron chi connectivity index (χ1n) is 31.5. The third-order valence-electron chi connectivity index (χ3n) is 14.7. The normalized spacial score (nSPS) is 10.8. The summed E-state index contributed by atoms with van der Waals surface area (Å²) < 4.78 is 23.7. The van der Waals surface area contributed by atoms with Crippen molar-refractivity contribution in [2.75, 3.05) is 14.2 Å². The fourth-order valence-corrected chi connectivity index (χ4v) is 9.96. The van der Waals surface area contributed by atoms with Gasteiger partial charge in [-0.25, -0.2) is 30.0 Å². The van der Waals surface area contributed by atoms with Crippen molar-refractivity contribution >= 4 is 78.0 Å². The summed E-state index contributed by atoms with van der Waals surface area (Å²) in [6, 6.07) is 58.9. The van der Waals surface area contributed by atoms with E-state index in [2.05, 4.69) is 81.9 Å². The van der Waals surface area contributed by atoms with Gasteiger partial charge in [0.15, 0.2) is 28.1 Å². The first-order valence-corrected chi connectivity index (χ1v) is 32.3. The first-order chi connectivity index (χ1) is 49.9. The van der Waals surface area contributed by atoms with E-state index in [0.717, 1.165) is 54.6 Å². The molecule has 0 aliphatic carbocycles. The molecule has 0 saturated heterocycles. The minimum Gasteiger partial charge on any atom is -0.481 e. The van der Waals surface area contributed by atoms with Crippen LogP contribution in [0.4, 0.5) is 0 Å². The SMILES string of the molecule is Brc1ccccn1.CON(C)C(=O)Cc1ccc2oc(-c3cccnc3)nc2c1.O=C(Cc1ccc2oc(-c3cccnc3)nc2c1)c1ccccn1.O=C(O)Cc1ccc2oc(-c3cccnc3)nc2c1.OC(Cc1ccc2oc(-c3cccnc3)nc2c1)c1ccccn1.[Li+].[c-]1ccccn1. The number of rotatable bonds is 15. The van der Waals surface area contributed by atoms with Gasteiger partial charge in [-0.15, -0.1) is 0 Å². The Morgan fingerprint density at radius 1 is 0.476 bits per heavy atom. The molecule has 12 aromatic heterocycles. The zero-order valence-corrected chi connectivity index (χ0v) is 57.2. The Hall–Kier alpha value is -12.4. The van der Waals surface area contributed by atoms with Gasteiger partial charge < -0.3 is 32.9 Å². The minimum atomic E-state index is -0.865. The molecule has 0 spiro atoms. The summed E-state index contributed by atoms with van der Waals surface area (Å²) in [5.74, 6) is 1.04. The van der Waals surface area contributed by atoms with Crippen LogP contribution in [-0.2, 0) is 40.1 Å². The van der Waals surface area contributed by atoms with Gasteiger partial charge in [0.1, 0.15) is 32.4 Å². The number of aromatic nitrogens is 12. The predicted molar refractivity (Wildman–Crippen MR) is 384 cm³/mol. The van der Waals surface area contributed by atoms with Crippen molar-refractivity contribution in [2.24, 2.45) is 0 Å². The Morgan fingerprint density at radius 3 is 1.23 bits per heavy atom. The number of aliphatic hydroxyl groups excluding tert-OH is 1. The number of carbonyl (C=O) groups excluding carboxylic acids is 2. The van der Waals surface area contributed by atoms with Gasteiger partial charge >= 0.3 is 24.8 Å².